The van der Waals surface area contributed by atoms with Crippen LogP contribution in [0.5, 0.6) is 17.2 Å². The van der Waals surface area contributed by atoms with Crippen LogP contribution in [-0.4, -0.2) is 42.9 Å². The van der Waals surface area contributed by atoms with E-state index < -0.39 is 0 Å². The fourth-order valence-corrected chi connectivity index (χ4v) is 3.84. The highest BCUT2D eigenvalue weighted by Crippen LogP contribution is 2.41. The number of nitrogens with one attached hydrogen (secondary N) is 1. The Morgan fingerprint density at radius 1 is 1.07 bits per heavy atom. The number of aromatic amines is 1. The van der Waals surface area contributed by atoms with Crippen LogP contribution < -0.4 is 14.4 Å². The molecule has 0 fully saturated rings. The molecule has 0 radical (unpaired) electrons. The molecular formula is C22H26ClN3O3. The number of aryl methyl sites for hydroxylation is 2. The summed E-state index contributed by atoms with van der Waals surface area (Å²) < 4.78 is 10.6. The maximum absolute atomic E-state index is 10.2. The molecule has 3 aromatic rings. The Morgan fingerprint density at radius 3 is 2.41 bits per heavy atom. The second-order valence-corrected chi connectivity index (χ2v) is 7.16. The normalized spacial score (nSPS) is 12.9. The van der Waals surface area contributed by atoms with Crippen LogP contribution >= 0.6 is 12.4 Å². The van der Waals surface area contributed by atoms with Gasteiger partial charge in [0, 0.05) is 36.1 Å². The molecule has 1 aromatic heterocycles. The van der Waals surface area contributed by atoms with Gasteiger partial charge in [0.25, 0.3) is 0 Å². The second-order valence-electron chi connectivity index (χ2n) is 7.16. The van der Waals surface area contributed by atoms with Crippen LogP contribution in [0, 0.1) is 6.92 Å². The lowest BCUT2D eigenvalue weighted by atomic mass is 9.99. The molecular weight excluding hydrogens is 390 g/mol. The number of phenols is 1. The number of nitrogens with zero attached hydrogens (tertiary/aromatic N) is 2. The molecule has 7 heteroatoms. The fraction of sp³-hybridized carbons (Fsp3) is 0.318. The van der Waals surface area contributed by atoms with Gasteiger partial charge in [-0.05, 0) is 55.7 Å². The predicted molar refractivity (Wildman–Crippen MR) is 118 cm³/mol. The summed E-state index contributed by atoms with van der Waals surface area (Å²) >= 11 is 0. The number of H-pyrrole nitrogens is 1. The van der Waals surface area contributed by atoms with E-state index in [9.17, 15) is 5.11 Å². The number of methoxy groups -OCH3 is 2. The molecule has 2 aromatic carbocycles. The number of aromatic nitrogens is 2. The van der Waals surface area contributed by atoms with E-state index in [-0.39, 0.29) is 18.2 Å². The highest BCUT2D eigenvalue weighted by molar-refractivity contribution is 5.85. The zero-order valence-electron chi connectivity index (χ0n) is 17.1. The van der Waals surface area contributed by atoms with Gasteiger partial charge in [-0.2, -0.15) is 0 Å². The number of ether oxygens (including phenoxy) is 2. The van der Waals surface area contributed by atoms with Crippen LogP contribution in [0.4, 0.5) is 5.69 Å². The van der Waals surface area contributed by atoms with E-state index in [4.69, 9.17) is 14.5 Å². The maximum Gasteiger partial charge on any atom is 0.200 e. The standard InChI is InChI=1S/C22H25N3O3.ClH/c1-13-20(16-11-18(27-3)21(26)19(12-16)28-4)24-22(23-13)15-7-8-17-14(10-15)6-5-9-25(17)2;/h7-8,10-12,26H,5-6,9H2,1-4H3,(H,23,24);1H. The van der Waals surface area contributed by atoms with Gasteiger partial charge in [0.2, 0.25) is 5.75 Å². The van der Waals surface area contributed by atoms with Crippen molar-refractivity contribution < 1.29 is 14.6 Å². The van der Waals surface area contributed by atoms with E-state index >= 15 is 0 Å². The molecule has 0 spiro atoms. The average molecular weight is 416 g/mol. The molecule has 0 saturated carbocycles. The molecule has 2 heterocycles. The minimum absolute atomic E-state index is 0. The number of hydrogen-bond acceptors (Lipinski definition) is 5. The first-order valence-electron chi connectivity index (χ1n) is 9.38. The van der Waals surface area contributed by atoms with Gasteiger partial charge in [0.05, 0.1) is 19.9 Å². The first kappa shape index (κ1) is 20.9. The number of phenolic OH excluding ortho intramolecular Hbond substituents is 1. The van der Waals surface area contributed by atoms with Crippen molar-refractivity contribution in [2.24, 2.45) is 0 Å². The summed E-state index contributed by atoms with van der Waals surface area (Å²) in [5.41, 5.74) is 6.30. The predicted octanol–water partition coefficient (Wildman–Crippen LogP) is 4.58. The Morgan fingerprint density at radius 2 is 1.76 bits per heavy atom. The number of benzene rings is 2. The molecule has 2 N–H and O–H groups in total. The molecule has 0 aliphatic carbocycles. The lowest BCUT2D eigenvalue weighted by molar-refractivity contribution is 0.340. The molecule has 6 nitrogen and oxygen atoms in total. The summed E-state index contributed by atoms with van der Waals surface area (Å²) in [5, 5.41) is 10.2. The van der Waals surface area contributed by atoms with Crippen LogP contribution in [0.1, 0.15) is 17.7 Å². The monoisotopic (exact) mass is 415 g/mol. The third-order valence-electron chi connectivity index (χ3n) is 5.34. The summed E-state index contributed by atoms with van der Waals surface area (Å²) in [6.07, 6.45) is 2.26. The third-order valence-corrected chi connectivity index (χ3v) is 5.34. The van der Waals surface area contributed by atoms with Gasteiger partial charge in [0.15, 0.2) is 11.5 Å². The van der Waals surface area contributed by atoms with Crippen LogP contribution in [0.15, 0.2) is 30.3 Å². The van der Waals surface area contributed by atoms with E-state index in [1.807, 2.05) is 6.92 Å². The molecule has 154 valence electrons. The molecule has 0 amide bonds. The fourth-order valence-electron chi connectivity index (χ4n) is 3.84. The molecule has 0 bridgehead atoms. The Bertz CT molecular complexity index is 1010. The van der Waals surface area contributed by atoms with E-state index in [1.54, 1.807) is 12.1 Å². The van der Waals surface area contributed by atoms with E-state index in [1.165, 1.54) is 31.9 Å². The Balaban J connectivity index is 0.00000240. The zero-order valence-corrected chi connectivity index (χ0v) is 17.9. The number of halogens is 1. The molecule has 0 unspecified atom stereocenters. The average Bonchev–Trinajstić information content (AvgIpc) is 3.10. The van der Waals surface area contributed by atoms with Crippen LogP contribution in [0.2, 0.25) is 0 Å². The quantitative estimate of drug-likeness (QED) is 0.652. The van der Waals surface area contributed by atoms with Crippen molar-refractivity contribution in [3.63, 3.8) is 0 Å². The number of fused-ring (bicyclic) bond motifs is 1. The Labute approximate surface area is 176 Å². The van der Waals surface area contributed by atoms with Crippen molar-refractivity contribution in [1.29, 1.82) is 0 Å². The lowest BCUT2D eigenvalue weighted by Gasteiger charge is -2.27. The Kier molecular flexibility index (Phi) is 5.94. The number of rotatable bonds is 4. The summed E-state index contributed by atoms with van der Waals surface area (Å²) in [7, 11) is 5.18. The SMILES string of the molecule is COc1cc(-c2nc(-c3ccc4c(c3)CCCN4C)[nH]c2C)cc(OC)c1O.Cl. The van der Waals surface area contributed by atoms with Gasteiger partial charge >= 0.3 is 0 Å². The number of imidazole rings is 1. The number of anilines is 1. The van der Waals surface area contributed by atoms with Crippen molar-refractivity contribution in [2.45, 2.75) is 19.8 Å². The first-order valence-corrected chi connectivity index (χ1v) is 9.38. The van der Waals surface area contributed by atoms with E-state index in [0.29, 0.717) is 11.5 Å². The summed E-state index contributed by atoms with van der Waals surface area (Å²) in [4.78, 5) is 10.5. The van der Waals surface area contributed by atoms with E-state index in [0.717, 1.165) is 41.3 Å². The molecule has 29 heavy (non-hydrogen) atoms. The largest absolute Gasteiger partial charge is 0.502 e. The third kappa shape index (κ3) is 3.72. The van der Waals surface area contributed by atoms with Crippen molar-refractivity contribution in [2.75, 3.05) is 32.7 Å². The van der Waals surface area contributed by atoms with Gasteiger partial charge in [-0.15, -0.1) is 12.4 Å². The molecule has 4 rings (SSSR count). The highest BCUT2D eigenvalue weighted by atomic mass is 35.5. The van der Waals surface area contributed by atoms with Crippen molar-refractivity contribution >= 4 is 18.1 Å². The zero-order chi connectivity index (χ0) is 19.8. The molecule has 0 saturated heterocycles. The summed E-state index contributed by atoms with van der Waals surface area (Å²) in [6, 6.07) is 10.1. The Hall–Kier alpha value is -2.86. The number of aromatic hydroxyl groups is 1. The highest BCUT2D eigenvalue weighted by Gasteiger charge is 2.18. The van der Waals surface area contributed by atoms with Crippen LogP contribution in [0.25, 0.3) is 22.6 Å². The van der Waals surface area contributed by atoms with Gasteiger partial charge in [0.1, 0.15) is 5.82 Å². The van der Waals surface area contributed by atoms with E-state index in [2.05, 4.69) is 35.1 Å². The first-order chi connectivity index (χ1) is 13.5. The van der Waals surface area contributed by atoms with Crippen molar-refractivity contribution in [3.05, 3.63) is 41.6 Å². The van der Waals surface area contributed by atoms with Gasteiger partial charge in [-0.1, -0.05) is 0 Å². The second kappa shape index (κ2) is 8.25. The molecule has 1 aliphatic rings. The molecule has 1 aliphatic heterocycles. The van der Waals surface area contributed by atoms with Gasteiger partial charge < -0.3 is 24.5 Å². The topological polar surface area (TPSA) is 70.6 Å². The van der Waals surface area contributed by atoms with Gasteiger partial charge in [-0.25, -0.2) is 4.98 Å². The minimum atomic E-state index is -0.0130. The van der Waals surface area contributed by atoms with Crippen LogP contribution in [-0.2, 0) is 6.42 Å². The maximum atomic E-state index is 10.2. The van der Waals surface area contributed by atoms with Crippen LogP contribution in [0.3, 0.4) is 0 Å². The minimum Gasteiger partial charge on any atom is -0.502 e. The van der Waals surface area contributed by atoms with Crippen molar-refractivity contribution in [1.82, 2.24) is 9.97 Å². The summed E-state index contributed by atoms with van der Waals surface area (Å²) in [6.45, 7) is 3.09. The lowest BCUT2D eigenvalue weighted by Crippen LogP contribution is -2.24. The smallest absolute Gasteiger partial charge is 0.200 e. The number of hydrogen-bond donors (Lipinski definition) is 2. The van der Waals surface area contributed by atoms with Crippen molar-refractivity contribution in [3.8, 4) is 39.9 Å². The van der Waals surface area contributed by atoms with Gasteiger partial charge in [-0.3, -0.25) is 0 Å². The summed E-state index contributed by atoms with van der Waals surface area (Å²) in [5.74, 6) is 1.53. The molecule has 0 atom stereocenters.